The van der Waals surface area contributed by atoms with E-state index in [1.165, 1.54) is 19.2 Å². The average Bonchev–Trinajstić information content (AvgIpc) is 2.96. The molecule has 0 amide bonds. The summed E-state index contributed by atoms with van der Waals surface area (Å²) in [4.78, 5) is 48.9. The van der Waals surface area contributed by atoms with Gasteiger partial charge < -0.3 is 38.5 Å². The van der Waals surface area contributed by atoms with E-state index in [9.17, 15) is 19.2 Å². The first-order valence-electron chi connectivity index (χ1n) is 14.5. The number of nitrogens with one attached hydrogen (secondary N) is 1. The Kier molecular flexibility index (Phi) is 17.7. The normalized spacial score (nSPS) is 13.6. The van der Waals surface area contributed by atoms with E-state index < -0.39 is 30.5 Å². The molecule has 0 spiro atoms. The molecular weight excluding hydrogens is 550 g/mol. The lowest BCUT2D eigenvalue weighted by molar-refractivity contribution is -0.143. The Labute approximate surface area is 248 Å². The second-order valence-corrected chi connectivity index (χ2v) is 10.2. The van der Waals surface area contributed by atoms with Crippen LogP contribution in [-0.2, 0) is 34.9 Å². The van der Waals surface area contributed by atoms with Gasteiger partial charge in [-0.25, -0.2) is 14.4 Å². The van der Waals surface area contributed by atoms with Crippen LogP contribution in [0.1, 0.15) is 72.8 Å². The molecule has 4 atom stereocenters. The van der Waals surface area contributed by atoms with Crippen molar-refractivity contribution >= 4 is 24.4 Å². The average molecular weight is 598 g/mol. The molecule has 0 aliphatic heterocycles. The van der Waals surface area contributed by atoms with Crippen molar-refractivity contribution in [3.05, 3.63) is 23.8 Å². The Bertz CT molecular complexity index is 984. The Morgan fingerprint density at radius 1 is 0.810 bits per heavy atom. The Morgan fingerprint density at radius 3 is 1.95 bits per heavy atom. The molecule has 0 aliphatic rings. The van der Waals surface area contributed by atoms with Gasteiger partial charge in [0.1, 0.15) is 18.8 Å². The molecule has 0 radical (unpaired) electrons. The van der Waals surface area contributed by atoms with Gasteiger partial charge in [-0.1, -0.05) is 59.9 Å². The second kappa shape index (κ2) is 20.4. The van der Waals surface area contributed by atoms with Gasteiger partial charge in [-0.2, -0.15) is 0 Å². The molecule has 42 heavy (non-hydrogen) atoms. The summed E-state index contributed by atoms with van der Waals surface area (Å²) in [5.41, 5.74) is 0.552. The third kappa shape index (κ3) is 14.9. The lowest BCUT2D eigenvalue weighted by Gasteiger charge is -2.18. The fraction of sp³-hybridized carbons (Fsp3) is 0.667. The van der Waals surface area contributed by atoms with Crippen LogP contribution in [0.5, 0.6) is 11.5 Å². The minimum Gasteiger partial charge on any atom is -0.468 e. The van der Waals surface area contributed by atoms with Crippen LogP contribution in [0.3, 0.4) is 0 Å². The maximum absolute atomic E-state index is 12.5. The number of carbonyl (C=O) groups excluding carboxylic acids is 4. The van der Waals surface area contributed by atoms with Crippen molar-refractivity contribution in [2.45, 2.75) is 85.8 Å². The molecule has 1 rings (SSSR count). The zero-order valence-corrected chi connectivity index (χ0v) is 25.9. The van der Waals surface area contributed by atoms with Gasteiger partial charge in [0.2, 0.25) is 0 Å². The second-order valence-electron chi connectivity index (χ2n) is 10.2. The Morgan fingerprint density at radius 2 is 1.40 bits per heavy atom. The van der Waals surface area contributed by atoms with Gasteiger partial charge in [0.15, 0.2) is 11.5 Å². The summed E-state index contributed by atoms with van der Waals surface area (Å²) >= 11 is 0. The maximum Gasteiger partial charge on any atom is 0.513 e. The SMILES string of the molecule is CCCC(C)OC(=O)OCCN[C@@H](Cc1ccc(OC(=O)OCC(C)CC)c(OC(=O)OCC(C)CC)c1)C(=O)OC. The molecule has 0 aromatic heterocycles. The lowest BCUT2D eigenvalue weighted by Crippen LogP contribution is -2.41. The van der Waals surface area contributed by atoms with E-state index in [0.29, 0.717) is 5.56 Å². The molecule has 0 bridgehead atoms. The van der Waals surface area contributed by atoms with Crippen molar-refractivity contribution in [2.24, 2.45) is 11.8 Å². The molecule has 1 aromatic rings. The number of ether oxygens (including phenoxy) is 7. The molecule has 3 unspecified atom stereocenters. The van der Waals surface area contributed by atoms with Crippen molar-refractivity contribution in [3.8, 4) is 11.5 Å². The number of hydrogen-bond donors (Lipinski definition) is 1. The van der Waals surface area contributed by atoms with Crippen LogP contribution >= 0.6 is 0 Å². The quantitative estimate of drug-likeness (QED) is 0.0941. The Balaban J connectivity index is 2.96. The minimum absolute atomic E-state index is 0.0346. The molecule has 0 saturated carbocycles. The summed E-state index contributed by atoms with van der Waals surface area (Å²) in [7, 11) is 1.25. The maximum atomic E-state index is 12.5. The number of carbonyl (C=O) groups is 4. The first-order valence-corrected chi connectivity index (χ1v) is 14.5. The number of methoxy groups -OCH3 is 1. The monoisotopic (exact) mass is 597 g/mol. The Hall–Kier alpha value is -3.54. The van der Waals surface area contributed by atoms with Crippen LogP contribution in [0.4, 0.5) is 14.4 Å². The van der Waals surface area contributed by atoms with Crippen molar-refractivity contribution in [3.63, 3.8) is 0 Å². The van der Waals surface area contributed by atoms with E-state index in [1.807, 2.05) is 34.6 Å². The first-order chi connectivity index (χ1) is 20.0. The first kappa shape index (κ1) is 36.5. The number of hydrogen-bond acceptors (Lipinski definition) is 12. The third-order valence-corrected chi connectivity index (χ3v) is 6.39. The fourth-order valence-electron chi connectivity index (χ4n) is 3.39. The number of benzene rings is 1. The van der Waals surface area contributed by atoms with Gasteiger partial charge in [-0.3, -0.25) is 4.79 Å². The predicted octanol–water partition coefficient (Wildman–Crippen LogP) is 5.83. The number of esters is 1. The van der Waals surface area contributed by atoms with E-state index in [4.69, 9.17) is 33.2 Å². The third-order valence-electron chi connectivity index (χ3n) is 6.39. The van der Waals surface area contributed by atoms with Crippen LogP contribution in [0.25, 0.3) is 0 Å². The summed E-state index contributed by atoms with van der Waals surface area (Å²) < 4.78 is 36.1. The molecule has 0 saturated heterocycles. The van der Waals surface area contributed by atoms with Crippen molar-refractivity contribution in [2.75, 3.05) is 33.5 Å². The molecule has 238 valence electrons. The highest BCUT2D eigenvalue weighted by atomic mass is 16.7. The molecule has 0 aliphatic carbocycles. The van der Waals surface area contributed by atoms with Crippen molar-refractivity contribution in [1.29, 1.82) is 0 Å². The summed E-state index contributed by atoms with van der Waals surface area (Å²) in [6, 6.07) is 3.67. The summed E-state index contributed by atoms with van der Waals surface area (Å²) in [6.45, 7) is 12.0. The van der Waals surface area contributed by atoms with Gasteiger partial charge in [0, 0.05) is 6.54 Å². The zero-order chi connectivity index (χ0) is 31.5. The molecule has 12 nitrogen and oxygen atoms in total. The zero-order valence-electron chi connectivity index (χ0n) is 25.9. The van der Waals surface area contributed by atoms with E-state index in [2.05, 4.69) is 5.32 Å². The van der Waals surface area contributed by atoms with Gasteiger partial charge >= 0.3 is 24.4 Å². The van der Waals surface area contributed by atoms with E-state index in [0.717, 1.165) is 25.7 Å². The van der Waals surface area contributed by atoms with Crippen LogP contribution in [0.15, 0.2) is 18.2 Å². The summed E-state index contributed by atoms with van der Waals surface area (Å²) in [6.07, 6.45) is 0.390. The summed E-state index contributed by atoms with van der Waals surface area (Å²) in [5.74, 6) is -0.418. The smallest absolute Gasteiger partial charge is 0.468 e. The number of rotatable bonds is 18. The molecule has 1 N–H and O–H groups in total. The fourth-order valence-corrected chi connectivity index (χ4v) is 3.39. The summed E-state index contributed by atoms with van der Waals surface area (Å²) in [5, 5.41) is 2.99. The van der Waals surface area contributed by atoms with E-state index in [1.54, 1.807) is 13.0 Å². The predicted molar refractivity (Wildman–Crippen MR) is 154 cm³/mol. The van der Waals surface area contributed by atoms with Crippen LogP contribution < -0.4 is 14.8 Å². The van der Waals surface area contributed by atoms with Gasteiger partial charge in [-0.15, -0.1) is 0 Å². The van der Waals surface area contributed by atoms with Crippen LogP contribution in [0, 0.1) is 11.8 Å². The molecule has 1 aromatic carbocycles. The molecule has 0 heterocycles. The lowest BCUT2D eigenvalue weighted by atomic mass is 10.1. The van der Waals surface area contributed by atoms with Crippen molar-refractivity contribution in [1.82, 2.24) is 5.32 Å². The van der Waals surface area contributed by atoms with Gasteiger partial charge in [0.25, 0.3) is 0 Å². The molecular formula is C30H47NO11. The van der Waals surface area contributed by atoms with E-state index in [-0.39, 0.29) is 62.2 Å². The van der Waals surface area contributed by atoms with Crippen molar-refractivity contribution < 1.29 is 52.3 Å². The minimum atomic E-state index is -0.967. The van der Waals surface area contributed by atoms with Crippen LogP contribution in [-0.4, -0.2) is 70.1 Å². The molecule has 0 fully saturated rings. The molecule has 12 heteroatoms. The van der Waals surface area contributed by atoms with Gasteiger partial charge in [-0.05, 0) is 49.3 Å². The highest BCUT2D eigenvalue weighted by molar-refractivity contribution is 5.76. The standard InChI is InChI=1S/C30H47NO11/c1-8-11-22(6)40-28(33)37-15-14-31-24(27(32)36-7)16-23-12-13-25(41-29(34)38-18-20(4)9-2)26(17-23)42-30(35)39-19-21(5)10-3/h12-13,17,20-22,24,31H,8-11,14-16,18-19H2,1-7H3/t20?,21?,22?,24-/m0/s1. The highest BCUT2D eigenvalue weighted by Crippen LogP contribution is 2.30. The highest BCUT2D eigenvalue weighted by Gasteiger charge is 2.23. The van der Waals surface area contributed by atoms with Gasteiger partial charge in [0.05, 0.1) is 20.3 Å². The largest absolute Gasteiger partial charge is 0.513 e. The van der Waals surface area contributed by atoms with Crippen LogP contribution in [0.2, 0.25) is 0 Å². The van der Waals surface area contributed by atoms with E-state index >= 15 is 0 Å². The topological polar surface area (TPSA) is 145 Å².